The van der Waals surface area contributed by atoms with Crippen LogP contribution in [-0.4, -0.2) is 23.1 Å². The van der Waals surface area contributed by atoms with Gasteiger partial charge in [-0.15, -0.1) is 0 Å². The van der Waals surface area contributed by atoms with Crippen LogP contribution in [0.3, 0.4) is 0 Å². The number of rotatable bonds is 2. The molecular weight excluding hydrogens is 192 g/mol. The Morgan fingerprint density at radius 2 is 2.13 bits per heavy atom. The first-order valence-electron chi connectivity index (χ1n) is 4.42. The van der Waals surface area contributed by atoms with Crippen LogP contribution in [0.5, 0.6) is 0 Å². The van der Waals surface area contributed by atoms with Crippen molar-refractivity contribution in [2.24, 2.45) is 5.92 Å². The molecule has 0 spiro atoms. The zero-order valence-electron chi connectivity index (χ0n) is 9.00. The first-order valence-corrected chi connectivity index (χ1v) is 4.42. The lowest BCUT2D eigenvalue weighted by molar-refractivity contribution is -0.138. The normalized spacial score (nSPS) is 7.73. The fraction of sp³-hybridized carbons (Fsp3) is 0.455. The van der Waals surface area contributed by atoms with E-state index in [-0.39, 0.29) is 18.2 Å². The highest BCUT2D eigenvalue weighted by molar-refractivity contribution is 6.32. The first kappa shape index (κ1) is 13.0. The molecule has 0 saturated carbocycles. The first-order chi connectivity index (χ1) is 7.07. The van der Waals surface area contributed by atoms with Crippen LogP contribution in [0.4, 0.5) is 0 Å². The lowest BCUT2D eigenvalue weighted by Crippen LogP contribution is -2.15. The molecule has 0 bridgehead atoms. The molecule has 0 aliphatic heterocycles. The lowest BCUT2D eigenvalue weighted by Gasteiger charge is -1.91. The van der Waals surface area contributed by atoms with Crippen molar-refractivity contribution in [2.45, 2.75) is 20.8 Å². The maximum Gasteiger partial charge on any atom is 0.417 e. The summed E-state index contributed by atoms with van der Waals surface area (Å²) in [6.45, 7) is 5.19. The predicted molar refractivity (Wildman–Crippen MR) is 55.6 cm³/mol. The van der Waals surface area contributed by atoms with Gasteiger partial charge < -0.3 is 10.3 Å². The second kappa shape index (κ2) is 7.38. The van der Waals surface area contributed by atoms with Crippen LogP contribution >= 0.6 is 0 Å². The second-order valence-corrected chi connectivity index (χ2v) is 2.99. The second-order valence-electron chi connectivity index (χ2n) is 2.99. The van der Waals surface area contributed by atoms with Crippen molar-refractivity contribution in [1.29, 1.82) is 0 Å². The van der Waals surface area contributed by atoms with Gasteiger partial charge in [0, 0.05) is 12.8 Å². The van der Waals surface area contributed by atoms with Gasteiger partial charge in [0.15, 0.2) is 6.61 Å². The largest absolute Gasteiger partial charge is 0.444 e. The van der Waals surface area contributed by atoms with Crippen molar-refractivity contribution >= 4 is 11.7 Å². The van der Waals surface area contributed by atoms with Crippen LogP contribution in [0.1, 0.15) is 20.8 Å². The molecule has 4 heteroatoms. The standard InChI is InChI=1S/C11H12N2O2/c1-9(2)7-5-4-6-8-15-11(14)10(3)13-12/h9H,8H2,1-3H3. The van der Waals surface area contributed by atoms with E-state index >= 15 is 0 Å². The molecule has 0 radical (unpaired) electrons. The van der Waals surface area contributed by atoms with Crippen molar-refractivity contribution in [3.8, 4) is 23.7 Å². The van der Waals surface area contributed by atoms with Crippen LogP contribution in [-0.2, 0) is 9.53 Å². The van der Waals surface area contributed by atoms with Crippen LogP contribution in [0.25, 0.3) is 5.53 Å². The highest BCUT2D eigenvalue weighted by Crippen LogP contribution is 1.84. The molecule has 0 heterocycles. The summed E-state index contributed by atoms with van der Waals surface area (Å²) in [6.07, 6.45) is 0. The average molecular weight is 204 g/mol. The van der Waals surface area contributed by atoms with Gasteiger partial charge in [-0.25, -0.2) is 4.79 Å². The molecule has 0 aromatic heterocycles. The van der Waals surface area contributed by atoms with E-state index in [4.69, 9.17) is 5.53 Å². The van der Waals surface area contributed by atoms with E-state index in [1.807, 2.05) is 13.8 Å². The van der Waals surface area contributed by atoms with Crippen LogP contribution in [0, 0.1) is 29.6 Å². The molecule has 0 aliphatic rings. The number of ether oxygens (including phenoxy) is 1. The molecule has 0 saturated heterocycles. The summed E-state index contributed by atoms with van der Waals surface area (Å²) in [6, 6.07) is 0. The fourth-order valence-corrected chi connectivity index (χ4v) is 0.508. The van der Waals surface area contributed by atoms with E-state index in [2.05, 4.69) is 33.2 Å². The summed E-state index contributed by atoms with van der Waals surface area (Å²) in [5.74, 6) is 10.1. The minimum atomic E-state index is -0.691. The summed E-state index contributed by atoms with van der Waals surface area (Å²) >= 11 is 0. The number of carbonyl (C=O) groups is 1. The zero-order valence-corrected chi connectivity index (χ0v) is 9.00. The van der Waals surface area contributed by atoms with Gasteiger partial charge in [0.05, 0.1) is 0 Å². The zero-order chi connectivity index (χ0) is 11.7. The highest BCUT2D eigenvalue weighted by Gasteiger charge is 2.13. The third-order valence-corrected chi connectivity index (χ3v) is 1.23. The Balaban J connectivity index is 3.96. The molecule has 0 aromatic carbocycles. The third-order valence-electron chi connectivity index (χ3n) is 1.23. The van der Waals surface area contributed by atoms with Crippen molar-refractivity contribution in [3.63, 3.8) is 0 Å². The van der Waals surface area contributed by atoms with Gasteiger partial charge >= 0.3 is 11.7 Å². The Morgan fingerprint density at radius 3 is 2.67 bits per heavy atom. The highest BCUT2D eigenvalue weighted by atomic mass is 16.5. The molecule has 0 rings (SSSR count). The summed E-state index contributed by atoms with van der Waals surface area (Å²) in [5, 5.41) is 0. The molecule has 0 N–H and O–H groups in total. The SMILES string of the molecule is CC(=[N+]=[N-])C(=O)OCC#CC#CC(C)C. The van der Waals surface area contributed by atoms with Gasteiger partial charge in [0.2, 0.25) is 0 Å². The van der Waals surface area contributed by atoms with Gasteiger partial charge in [-0.2, -0.15) is 4.79 Å². The van der Waals surface area contributed by atoms with Crippen molar-refractivity contribution in [2.75, 3.05) is 6.61 Å². The molecule has 4 nitrogen and oxygen atoms in total. The molecule has 78 valence electrons. The Bertz CT molecular complexity index is 396. The molecule has 0 amide bonds. The number of nitrogens with zero attached hydrogens (tertiary/aromatic N) is 2. The monoisotopic (exact) mass is 204 g/mol. The summed E-state index contributed by atoms with van der Waals surface area (Å²) < 4.78 is 4.63. The number of esters is 1. The topological polar surface area (TPSA) is 62.7 Å². The van der Waals surface area contributed by atoms with E-state index in [0.29, 0.717) is 0 Å². The Hall–Kier alpha value is -2.03. The van der Waals surface area contributed by atoms with E-state index in [9.17, 15) is 4.79 Å². The van der Waals surface area contributed by atoms with Gasteiger partial charge in [-0.3, -0.25) is 0 Å². The van der Waals surface area contributed by atoms with Crippen LogP contribution in [0.2, 0.25) is 0 Å². The molecule has 0 unspecified atom stereocenters. The predicted octanol–water partition coefficient (Wildman–Crippen LogP) is 0.883. The summed E-state index contributed by atoms with van der Waals surface area (Å²) in [4.78, 5) is 13.6. The Labute approximate surface area is 89.2 Å². The minimum Gasteiger partial charge on any atom is -0.444 e. The van der Waals surface area contributed by atoms with Gasteiger partial charge in [0.25, 0.3) is 0 Å². The van der Waals surface area contributed by atoms with Gasteiger partial charge in [0.1, 0.15) is 0 Å². The lowest BCUT2D eigenvalue weighted by atomic mass is 10.2. The van der Waals surface area contributed by atoms with Crippen molar-refractivity contribution in [3.05, 3.63) is 5.53 Å². The minimum absolute atomic E-state index is 0.0571. The molecule has 15 heavy (non-hydrogen) atoms. The molecule has 0 aliphatic carbocycles. The van der Waals surface area contributed by atoms with E-state index in [1.165, 1.54) is 6.92 Å². The van der Waals surface area contributed by atoms with E-state index in [0.717, 1.165) is 0 Å². The summed E-state index contributed by atoms with van der Waals surface area (Å²) in [5.41, 5.74) is 8.13. The quantitative estimate of drug-likeness (QED) is 0.220. The number of hydrogen-bond donors (Lipinski definition) is 0. The molecule has 0 atom stereocenters. The number of carbonyl (C=O) groups excluding carboxylic acids is 1. The third kappa shape index (κ3) is 7.07. The van der Waals surface area contributed by atoms with Crippen molar-refractivity contribution < 1.29 is 14.3 Å². The fourth-order valence-electron chi connectivity index (χ4n) is 0.508. The maximum absolute atomic E-state index is 10.9. The van der Waals surface area contributed by atoms with E-state index < -0.39 is 5.97 Å². The van der Waals surface area contributed by atoms with E-state index in [1.54, 1.807) is 0 Å². The van der Waals surface area contributed by atoms with Crippen LogP contribution < -0.4 is 0 Å². The average Bonchev–Trinajstić information content (AvgIpc) is 2.21. The van der Waals surface area contributed by atoms with Crippen LogP contribution in [0.15, 0.2) is 0 Å². The molecule has 0 aromatic rings. The Kier molecular flexibility index (Phi) is 6.38. The van der Waals surface area contributed by atoms with Crippen molar-refractivity contribution in [1.82, 2.24) is 0 Å². The smallest absolute Gasteiger partial charge is 0.417 e. The maximum atomic E-state index is 10.9. The van der Waals surface area contributed by atoms with Gasteiger partial charge in [-0.1, -0.05) is 19.8 Å². The molecular formula is C11H12N2O2. The summed E-state index contributed by atoms with van der Waals surface area (Å²) in [7, 11) is 0. The Morgan fingerprint density at radius 1 is 1.47 bits per heavy atom. The van der Waals surface area contributed by atoms with Gasteiger partial charge in [-0.05, 0) is 17.8 Å². The number of hydrogen-bond acceptors (Lipinski definition) is 2. The molecule has 0 fully saturated rings.